The fourth-order valence-corrected chi connectivity index (χ4v) is 12.5. The van der Waals surface area contributed by atoms with Crippen LogP contribution in [0.1, 0.15) is 87.5 Å². The van der Waals surface area contributed by atoms with Crippen LogP contribution in [0.4, 0.5) is 22.7 Å². The third kappa shape index (κ3) is 4.69. The zero-order valence-corrected chi connectivity index (χ0v) is 33.8. The Hall–Kier alpha value is -5.16. The molecule has 286 valence electrons. The minimum atomic E-state index is -0.355. The van der Waals surface area contributed by atoms with E-state index in [-0.39, 0.29) is 22.3 Å². The van der Waals surface area contributed by atoms with Crippen LogP contribution in [0.2, 0.25) is 0 Å². The monoisotopic (exact) mass is 748 g/mol. The van der Waals surface area contributed by atoms with Crippen molar-refractivity contribution in [2.45, 2.75) is 93.9 Å². The minimum Gasteiger partial charge on any atom is -0.371 e. The lowest BCUT2D eigenvalue weighted by atomic mass is 9.68. The smallest absolute Gasteiger partial charge is 0.118 e. The third-order valence-electron chi connectivity index (χ3n) is 15.2. The molecule has 0 amide bonds. The van der Waals surface area contributed by atoms with Crippen LogP contribution < -0.4 is 9.80 Å². The average Bonchev–Trinajstić information content (AvgIpc) is 3.82. The number of ether oxygens (including phenoxy) is 2. The summed E-state index contributed by atoms with van der Waals surface area (Å²) in [4.78, 5) is 5.16. The summed E-state index contributed by atoms with van der Waals surface area (Å²) >= 11 is 0. The highest BCUT2D eigenvalue weighted by molar-refractivity contribution is 5.86. The van der Waals surface area contributed by atoms with E-state index in [1.807, 2.05) is 14.2 Å². The number of rotatable bonds is 6. The molecule has 57 heavy (non-hydrogen) atoms. The maximum atomic E-state index is 6.68. The molecule has 2 fully saturated rings. The second-order valence-corrected chi connectivity index (χ2v) is 17.8. The molecule has 0 saturated heterocycles. The molecule has 0 N–H and O–H groups in total. The Labute approximate surface area is 338 Å². The number of hydrogen-bond acceptors (Lipinski definition) is 4. The first-order valence-electron chi connectivity index (χ1n) is 21.2. The van der Waals surface area contributed by atoms with Crippen LogP contribution >= 0.6 is 0 Å². The summed E-state index contributed by atoms with van der Waals surface area (Å²) in [5.74, 6) is 0. The summed E-state index contributed by atoms with van der Waals surface area (Å²) in [6, 6.07) is 50.4. The molecule has 0 radical (unpaired) electrons. The lowest BCUT2D eigenvalue weighted by Gasteiger charge is -2.50. The van der Waals surface area contributed by atoms with Crippen LogP contribution in [-0.2, 0) is 27.1 Å². The van der Waals surface area contributed by atoms with E-state index in [1.165, 1.54) is 104 Å². The maximum absolute atomic E-state index is 6.68. The van der Waals surface area contributed by atoms with Gasteiger partial charge in [0.25, 0.3) is 0 Å². The summed E-state index contributed by atoms with van der Waals surface area (Å²) in [6.07, 6.45) is 9.99. The van der Waals surface area contributed by atoms with Crippen molar-refractivity contribution in [1.82, 2.24) is 0 Å². The predicted octanol–water partition coefficient (Wildman–Crippen LogP) is 13.2. The molecule has 0 spiro atoms. The molecule has 4 atom stereocenters. The van der Waals surface area contributed by atoms with Gasteiger partial charge in [0, 0.05) is 48.1 Å². The Morgan fingerprint density at radius 1 is 0.439 bits per heavy atom. The zero-order chi connectivity index (χ0) is 38.6. The standard InChI is InChI=1S/C53H52N2O2/c1-50-27-11-13-29-52(50,56-3)46-34-38(21-25-48(46)54(50)42-15-7-5-8-16-42)36-19-23-44-40(31-36)33-41-32-37(20-24-45(41)44)39-22-26-49-47(35-39)53(57-4)30-14-12-28-51(53,2)55(49)43-17-9-6-10-18-43/h5-10,15-26,31-32,34-35H,11-14,27-30,33H2,1-4H3. The molecule has 2 saturated carbocycles. The van der Waals surface area contributed by atoms with Crippen molar-refractivity contribution in [3.05, 3.63) is 156 Å². The summed E-state index contributed by atoms with van der Waals surface area (Å²) in [5, 5.41) is 0. The Bertz CT molecular complexity index is 2370. The van der Waals surface area contributed by atoms with Gasteiger partial charge in [-0.05, 0) is 139 Å². The van der Waals surface area contributed by atoms with E-state index in [2.05, 4.69) is 157 Å². The molecular formula is C53H52N2O2. The van der Waals surface area contributed by atoms with Crippen molar-refractivity contribution in [2.24, 2.45) is 0 Å². The molecule has 4 heteroatoms. The van der Waals surface area contributed by atoms with E-state index >= 15 is 0 Å². The van der Waals surface area contributed by atoms with Gasteiger partial charge in [-0.25, -0.2) is 0 Å². The molecule has 0 bridgehead atoms. The number of methoxy groups -OCH3 is 2. The van der Waals surface area contributed by atoms with Gasteiger partial charge in [-0.15, -0.1) is 0 Å². The van der Waals surface area contributed by atoms with Gasteiger partial charge in [0.2, 0.25) is 0 Å². The van der Waals surface area contributed by atoms with Crippen LogP contribution in [0.25, 0.3) is 33.4 Å². The Kier molecular flexibility index (Phi) is 7.79. The normalized spacial score (nSPS) is 26.7. The Balaban J connectivity index is 0.937. The van der Waals surface area contributed by atoms with Gasteiger partial charge in [0.15, 0.2) is 0 Å². The topological polar surface area (TPSA) is 24.9 Å². The SMILES string of the molecule is COC12CCCCC1(C)N(c1ccccc1)c1ccc(-c3ccc4c(c3)Cc3cc(-c5ccc6c(c5)C5(OC)CCCCC5(C)N6c5ccccc5)ccc3-4)cc12. The molecule has 6 aromatic rings. The van der Waals surface area contributed by atoms with Gasteiger partial charge in [0.1, 0.15) is 11.2 Å². The highest BCUT2D eigenvalue weighted by atomic mass is 16.5. The van der Waals surface area contributed by atoms with Crippen LogP contribution in [0.3, 0.4) is 0 Å². The van der Waals surface area contributed by atoms with Crippen molar-refractivity contribution in [1.29, 1.82) is 0 Å². The van der Waals surface area contributed by atoms with E-state index in [4.69, 9.17) is 9.47 Å². The highest BCUT2D eigenvalue weighted by Gasteiger charge is 2.62. The predicted molar refractivity (Wildman–Crippen MR) is 234 cm³/mol. The van der Waals surface area contributed by atoms with Gasteiger partial charge in [-0.3, -0.25) is 0 Å². The largest absolute Gasteiger partial charge is 0.371 e. The fraction of sp³-hybridized carbons (Fsp3) is 0.321. The number of benzene rings is 6. The molecule has 2 aliphatic heterocycles. The lowest BCUT2D eigenvalue weighted by molar-refractivity contribution is -0.0872. The molecule has 4 unspecified atom stereocenters. The molecule has 3 aliphatic carbocycles. The second-order valence-electron chi connectivity index (χ2n) is 17.8. The molecular weight excluding hydrogens is 697 g/mol. The van der Waals surface area contributed by atoms with E-state index < -0.39 is 0 Å². The number of fused-ring (bicyclic) bond motifs is 9. The van der Waals surface area contributed by atoms with Crippen molar-refractivity contribution in [2.75, 3.05) is 24.0 Å². The summed E-state index contributed by atoms with van der Waals surface area (Å²) in [5.41, 5.74) is 17.3. The van der Waals surface area contributed by atoms with Gasteiger partial charge in [-0.1, -0.05) is 111 Å². The molecule has 0 aromatic heterocycles. The Morgan fingerprint density at radius 2 is 0.825 bits per heavy atom. The summed E-state index contributed by atoms with van der Waals surface area (Å²) in [7, 11) is 3.86. The molecule has 4 nitrogen and oxygen atoms in total. The fourth-order valence-electron chi connectivity index (χ4n) is 12.5. The Morgan fingerprint density at radius 3 is 1.25 bits per heavy atom. The van der Waals surface area contributed by atoms with Crippen LogP contribution in [0.5, 0.6) is 0 Å². The van der Waals surface area contributed by atoms with Crippen LogP contribution in [0.15, 0.2) is 133 Å². The number of anilines is 4. The third-order valence-corrected chi connectivity index (χ3v) is 15.2. The van der Waals surface area contributed by atoms with Gasteiger partial charge < -0.3 is 19.3 Å². The molecule has 5 aliphatic rings. The van der Waals surface area contributed by atoms with E-state index in [9.17, 15) is 0 Å². The number of nitrogens with zero attached hydrogens (tertiary/aromatic N) is 2. The van der Waals surface area contributed by atoms with E-state index in [1.54, 1.807) is 0 Å². The lowest BCUT2D eigenvalue weighted by Crippen LogP contribution is -2.57. The van der Waals surface area contributed by atoms with Crippen LogP contribution in [-0.4, -0.2) is 25.3 Å². The van der Waals surface area contributed by atoms with Crippen molar-refractivity contribution in [3.8, 4) is 33.4 Å². The summed E-state index contributed by atoms with van der Waals surface area (Å²) in [6.45, 7) is 4.85. The van der Waals surface area contributed by atoms with Crippen molar-refractivity contribution < 1.29 is 9.47 Å². The number of para-hydroxylation sites is 2. The van der Waals surface area contributed by atoms with E-state index in [0.29, 0.717) is 0 Å². The molecule has 6 aromatic carbocycles. The van der Waals surface area contributed by atoms with Crippen molar-refractivity contribution in [3.63, 3.8) is 0 Å². The maximum Gasteiger partial charge on any atom is 0.118 e. The first kappa shape index (κ1) is 35.0. The molecule has 11 rings (SSSR count). The molecule has 2 heterocycles. The quantitative estimate of drug-likeness (QED) is 0.169. The van der Waals surface area contributed by atoms with Gasteiger partial charge >= 0.3 is 0 Å². The first-order valence-corrected chi connectivity index (χ1v) is 21.2. The van der Waals surface area contributed by atoms with Gasteiger partial charge in [-0.2, -0.15) is 0 Å². The van der Waals surface area contributed by atoms with Crippen LogP contribution in [0, 0.1) is 0 Å². The van der Waals surface area contributed by atoms with Crippen molar-refractivity contribution >= 4 is 22.7 Å². The second kappa shape index (κ2) is 12.7. The minimum absolute atomic E-state index is 0.153. The highest BCUT2D eigenvalue weighted by Crippen LogP contribution is 2.63. The zero-order valence-electron chi connectivity index (χ0n) is 33.8. The summed E-state index contributed by atoms with van der Waals surface area (Å²) < 4.78 is 13.4. The first-order chi connectivity index (χ1) is 27.8. The van der Waals surface area contributed by atoms with Gasteiger partial charge in [0.05, 0.1) is 11.1 Å². The average molecular weight is 749 g/mol. The number of hydrogen-bond donors (Lipinski definition) is 0. The van der Waals surface area contributed by atoms with E-state index in [0.717, 1.165) is 32.1 Å².